The van der Waals surface area contributed by atoms with Gasteiger partial charge in [0.2, 0.25) is 0 Å². The molecule has 0 unspecified atom stereocenters. The van der Waals surface area contributed by atoms with Crippen LogP contribution >= 0.6 is 0 Å². The van der Waals surface area contributed by atoms with Crippen molar-refractivity contribution in [2.45, 2.75) is 58.2 Å². The zero-order valence-corrected chi connectivity index (χ0v) is 15.1. The largest absolute Gasteiger partial charge is 0.543 e. The van der Waals surface area contributed by atoms with E-state index in [0.29, 0.717) is 16.6 Å². The van der Waals surface area contributed by atoms with Gasteiger partial charge in [-0.2, -0.15) is 0 Å². The van der Waals surface area contributed by atoms with Crippen LogP contribution in [0.15, 0.2) is 36.5 Å². The SMILES string of the molecule is CC(C)[Si](Oc1ccc2cccnc2c1)(C(C)C)C(C)C. The predicted octanol–water partition coefficient (Wildman–Crippen LogP) is 5.79. The summed E-state index contributed by atoms with van der Waals surface area (Å²) in [6.07, 6.45) is 1.84. The third kappa shape index (κ3) is 2.98. The molecule has 1 heterocycles. The van der Waals surface area contributed by atoms with E-state index in [0.717, 1.165) is 16.7 Å². The maximum Gasteiger partial charge on any atom is 0.258 e. The average molecular weight is 302 g/mol. The number of pyridine rings is 1. The molecule has 0 aliphatic carbocycles. The third-order valence-corrected chi connectivity index (χ3v) is 10.6. The van der Waals surface area contributed by atoms with Crippen molar-refractivity contribution in [3.63, 3.8) is 0 Å². The average Bonchev–Trinajstić information content (AvgIpc) is 2.43. The number of aromatic nitrogens is 1. The summed E-state index contributed by atoms with van der Waals surface area (Å²) in [6.45, 7) is 13.9. The van der Waals surface area contributed by atoms with E-state index in [1.165, 1.54) is 0 Å². The lowest BCUT2D eigenvalue weighted by molar-refractivity contribution is 0.480. The Bertz CT molecular complexity index is 585. The molecule has 0 aliphatic heterocycles. The summed E-state index contributed by atoms with van der Waals surface area (Å²) in [5.74, 6) is 0.976. The van der Waals surface area contributed by atoms with Crippen molar-refractivity contribution < 1.29 is 4.43 Å². The Morgan fingerprint density at radius 2 is 1.52 bits per heavy atom. The molecule has 2 rings (SSSR count). The number of hydrogen-bond acceptors (Lipinski definition) is 2. The number of benzene rings is 1. The van der Waals surface area contributed by atoms with Crippen LogP contribution in [0.1, 0.15) is 41.5 Å². The first-order valence-electron chi connectivity index (χ1n) is 7.91. The molecule has 3 heteroatoms. The highest BCUT2D eigenvalue weighted by molar-refractivity contribution is 6.78. The van der Waals surface area contributed by atoms with Crippen molar-refractivity contribution in [2.24, 2.45) is 0 Å². The number of rotatable bonds is 5. The first-order chi connectivity index (χ1) is 9.87. The van der Waals surface area contributed by atoms with Crippen molar-refractivity contribution in [1.82, 2.24) is 4.98 Å². The molecule has 0 saturated heterocycles. The molecule has 0 fully saturated rings. The lowest BCUT2D eigenvalue weighted by Crippen LogP contribution is -2.50. The van der Waals surface area contributed by atoms with Crippen molar-refractivity contribution in [3.05, 3.63) is 36.5 Å². The lowest BCUT2D eigenvalue weighted by Gasteiger charge is -2.42. The van der Waals surface area contributed by atoms with E-state index in [9.17, 15) is 0 Å². The summed E-state index contributed by atoms with van der Waals surface area (Å²) in [5, 5.41) is 1.16. The molecule has 0 spiro atoms. The minimum Gasteiger partial charge on any atom is -0.543 e. The van der Waals surface area contributed by atoms with E-state index in [1.54, 1.807) is 0 Å². The van der Waals surface area contributed by atoms with Gasteiger partial charge in [-0.15, -0.1) is 0 Å². The molecular weight excluding hydrogens is 274 g/mol. The predicted molar refractivity (Wildman–Crippen MR) is 93.4 cm³/mol. The van der Waals surface area contributed by atoms with E-state index >= 15 is 0 Å². The monoisotopic (exact) mass is 301 g/mol. The smallest absolute Gasteiger partial charge is 0.258 e. The number of nitrogens with zero attached hydrogens (tertiary/aromatic N) is 1. The Morgan fingerprint density at radius 3 is 2.10 bits per heavy atom. The van der Waals surface area contributed by atoms with Crippen LogP contribution in [0.4, 0.5) is 0 Å². The van der Waals surface area contributed by atoms with Gasteiger partial charge in [-0.3, -0.25) is 4.98 Å². The molecule has 0 atom stereocenters. The van der Waals surface area contributed by atoms with Gasteiger partial charge in [-0.25, -0.2) is 0 Å². The van der Waals surface area contributed by atoms with Gasteiger partial charge < -0.3 is 4.43 Å². The Kier molecular flexibility index (Phi) is 4.72. The fourth-order valence-corrected chi connectivity index (χ4v) is 8.91. The van der Waals surface area contributed by atoms with Crippen molar-refractivity contribution >= 4 is 19.2 Å². The van der Waals surface area contributed by atoms with E-state index in [1.807, 2.05) is 12.3 Å². The lowest BCUT2D eigenvalue weighted by atomic mass is 10.2. The maximum atomic E-state index is 6.69. The molecule has 0 aliphatic rings. The van der Waals surface area contributed by atoms with Crippen LogP contribution in [0.5, 0.6) is 5.75 Å². The Morgan fingerprint density at radius 1 is 0.905 bits per heavy atom. The second-order valence-electron chi connectivity index (χ2n) is 6.78. The van der Waals surface area contributed by atoms with Crippen LogP contribution in [0.2, 0.25) is 16.6 Å². The van der Waals surface area contributed by atoms with E-state index < -0.39 is 8.32 Å². The van der Waals surface area contributed by atoms with Gasteiger partial charge in [-0.1, -0.05) is 47.6 Å². The zero-order chi connectivity index (χ0) is 15.6. The normalized spacial score (nSPS) is 12.6. The van der Waals surface area contributed by atoms with E-state index in [4.69, 9.17) is 4.43 Å². The van der Waals surface area contributed by atoms with Gasteiger partial charge in [0.1, 0.15) is 5.75 Å². The van der Waals surface area contributed by atoms with Crippen molar-refractivity contribution in [2.75, 3.05) is 0 Å². The van der Waals surface area contributed by atoms with Crippen LogP contribution < -0.4 is 4.43 Å². The Hall–Kier alpha value is -1.35. The van der Waals surface area contributed by atoms with Gasteiger partial charge in [-0.05, 0) is 34.8 Å². The summed E-state index contributed by atoms with van der Waals surface area (Å²) >= 11 is 0. The van der Waals surface area contributed by atoms with Crippen molar-refractivity contribution in [1.29, 1.82) is 0 Å². The van der Waals surface area contributed by atoms with Crippen LogP contribution in [0.25, 0.3) is 10.9 Å². The minimum absolute atomic E-state index is 0.580. The summed E-state index contributed by atoms with van der Waals surface area (Å²) in [4.78, 5) is 4.44. The van der Waals surface area contributed by atoms with Crippen LogP contribution in [-0.4, -0.2) is 13.3 Å². The van der Waals surface area contributed by atoms with E-state index in [2.05, 4.69) is 70.8 Å². The Labute approximate surface area is 129 Å². The molecule has 1 aromatic heterocycles. The van der Waals surface area contributed by atoms with Crippen LogP contribution in [0.3, 0.4) is 0 Å². The fraction of sp³-hybridized carbons (Fsp3) is 0.500. The molecule has 0 radical (unpaired) electrons. The number of hydrogen-bond donors (Lipinski definition) is 0. The quantitative estimate of drug-likeness (QED) is 0.652. The first-order valence-corrected chi connectivity index (χ1v) is 10.1. The second-order valence-corrected chi connectivity index (χ2v) is 12.2. The van der Waals surface area contributed by atoms with E-state index in [-0.39, 0.29) is 0 Å². The maximum absolute atomic E-state index is 6.69. The van der Waals surface area contributed by atoms with Crippen molar-refractivity contribution in [3.8, 4) is 5.75 Å². The summed E-state index contributed by atoms with van der Waals surface area (Å²) in [5.41, 5.74) is 2.75. The second kappa shape index (κ2) is 6.18. The van der Waals surface area contributed by atoms with Gasteiger partial charge in [0, 0.05) is 17.6 Å². The molecule has 114 valence electrons. The highest BCUT2D eigenvalue weighted by Gasteiger charge is 2.46. The number of fused-ring (bicyclic) bond motifs is 1. The first kappa shape index (κ1) is 16.0. The summed E-state index contributed by atoms with van der Waals surface area (Å²) in [6, 6.07) is 10.4. The highest BCUT2D eigenvalue weighted by atomic mass is 28.4. The van der Waals surface area contributed by atoms with Gasteiger partial charge in [0.25, 0.3) is 8.32 Å². The summed E-state index contributed by atoms with van der Waals surface area (Å²) < 4.78 is 6.69. The van der Waals surface area contributed by atoms with Crippen LogP contribution in [0, 0.1) is 0 Å². The highest BCUT2D eigenvalue weighted by Crippen LogP contribution is 2.42. The molecule has 0 N–H and O–H groups in total. The minimum atomic E-state index is -1.88. The van der Waals surface area contributed by atoms with Gasteiger partial charge in [0.05, 0.1) is 5.52 Å². The fourth-order valence-electron chi connectivity index (χ4n) is 3.67. The Balaban J connectivity index is 2.43. The molecule has 2 aromatic rings. The van der Waals surface area contributed by atoms with Gasteiger partial charge in [0.15, 0.2) is 0 Å². The molecule has 1 aromatic carbocycles. The topological polar surface area (TPSA) is 22.1 Å². The molecule has 21 heavy (non-hydrogen) atoms. The zero-order valence-electron chi connectivity index (χ0n) is 14.1. The molecule has 0 amide bonds. The molecule has 2 nitrogen and oxygen atoms in total. The van der Waals surface area contributed by atoms with Crippen LogP contribution in [-0.2, 0) is 0 Å². The molecule has 0 bridgehead atoms. The van der Waals surface area contributed by atoms with Gasteiger partial charge >= 0.3 is 0 Å². The summed E-state index contributed by atoms with van der Waals surface area (Å²) in [7, 11) is -1.88. The third-order valence-electron chi connectivity index (χ3n) is 4.58. The molecular formula is C18H27NOSi. The molecule has 0 saturated carbocycles. The standard InChI is InChI=1S/C18H27NOSi/c1-13(2)21(14(3)4,15(5)6)20-17-10-9-16-8-7-11-19-18(16)12-17/h7-15H,1-6H3.